The SMILES string of the molecule is N/N=C\N=C1CCNC1. The quantitative estimate of drug-likeness (QED) is 0.212. The monoisotopic (exact) mass is 126 g/mol. The third-order valence-electron chi connectivity index (χ3n) is 1.23. The smallest absolute Gasteiger partial charge is 0.134 e. The van der Waals surface area contributed by atoms with Crippen LogP contribution < -0.4 is 11.2 Å². The fraction of sp³-hybridized carbons (Fsp3) is 0.600. The van der Waals surface area contributed by atoms with E-state index in [9.17, 15) is 0 Å². The van der Waals surface area contributed by atoms with Crippen LogP contribution in [0.25, 0.3) is 0 Å². The maximum Gasteiger partial charge on any atom is 0.134 e. The van der Waals surface area contributed by atoms with Gasteiger partial charge in [0, 0.05) is 18.8 Å². The Balaban J connectivity index is 2.39. The average molecular weight is 126 g/mol. The molecule has 9 heavy (non-hydrogen) atoms. The van der Waals surface area contributed by atoms with Gasteiger partial charge >= 0.3 is 0 Å². The van der Waals surface area contributed by atoms with E-state index in [-0.39, 0.29) is 0 Å². The predicted molar refractivity (Wildman–Crippen MR) is 37.6 cm³/mol. The summed E-state index contributed by atoms with van der Waals surface area (Å²) in [6, 6.07) is 0. The van der Waals surface area contributed by atoms with Gasteiger partial charge < -0.3 is 11.2 Å². The van der Waals surface area contributed by atoms with E-state index >= 15 is 0 Å². The summed E-state index contributed by atoms with van der Waals surface area (Å²) in [6.07, 6.45) is 2.40. The minimum Gasteiger partial charge on any atom is -0.322 e. The lowest BCUT2D eigenvalue weighted by molar-refractivity contribution is 0.863. The Morgan fingerprint density at radius 3 is 3.11 bits per heavy atom. The molecule has 1 saturated heterocycles. The topological polar surface area (TPSA) is 62.8 Å². The van der Waals surface area contributed by atoms with E-state index in [2.05, 4.69) is 15.4 Å². The molecule has 4 heteroatoms. The molecule has 0 unspecified atom stereocenters. The lowest BCUT2D eigenvalue weighted by Crippen LogP contribution is -2.08. The van der Waals surface area contributed by atoms with Gasteiger partial charge in [0.25, 0.3) is 0 Å². The molecule has 0 aromatic rings. The van der Waals surface area contributed by atoms with Crippen LogP contribution >= 0.6 is 0 Å². The van der Waals surface area contributed by atoms with Crippen molar-refractivity contribution in [2.24, 2.45) is 15.9 Å². The third-order valence-corrected chi connectivity index (χ3v) is 1.23. The Morgan fingerprint density at radius 1 is 1.67 bits per heavy atom. The lowest BCUT2D eigenvalue weighted by Gasteiger charge is -1.85. The molecule has 1 heterocycles. The standard InChI is InChI=1S/C5H10N4/c6-9-4-8-5-1-2-7-3-5/h4,7H,1-3,6H2/b8-5?,9-4-. The normalized spacial score (nSPS) is 24.2. The van der Waals surface area contributed by atoms with Crippen LogP contribution in [-0.2, 0) is 0 Å². The van der Waals surface area contributed by atoms with Gasteiger partial charge in [-0.25, -0.2) is 4.99 Å². The zero-order valence-corrected chi connectivity index (χ0v) is 5.17. The lowest BCUT2D eigenvalue weighted by atomic mass is 10.3. The summed E-state index contributed by atoms with van der Waals surface area (Å²) in [6.45, 7) is 1.91. The Hall–Kier alpha value is -0.900. The molecule has 1 fully saturated rings. The van der Waals surface area contributed by atoms with Crippen LogP contribution in [-0.4, -0.2) is 25.1 Å². The minimum atomic E-state index is 0.881. The molecule has 3 N–H and O–H groups in total. The fourth-order valence-corrected chi connectivity index (χ4v) is 0.779. The molecular weight excluding hydrogens is 116 g/mol. The van der Waals surface area contributed by atoms with Crippen molar-refractivity contribution in [2.75, 3.05) is 13.1 Å². The van der Waals surface area contributed by atoms with Gasteiger partial charge in [-0.2, -0.15) is 5.10 Å². The van der Waals surface area contributed by atoms with Gasteiger partial charge in [-0.05, 0) is 6.42 Å². The summed E-state index contributed by atoms with van der Waals surface area (Å²) in [5.41, 5.74) is 1.13. The van der Waals surface area contributed by atoms with E-state index in [1.807, 2.05) is 0 Å². The zero-order chi connectivity index (χ0) is 6.53. The Kier molecular flexibility index (Phi) is 2.21. The van der Waals surface area contributed by atoms with Crippen LogP contribution in [0.4, 0.5) is 0 Å². The second-order valence-corrected chi connectivity index (χ2v) is 1.89. The summed E-state index contributed by atoms with van der Waals surface area (Å²) >= 11 is 0. The summed E-state index contributed by atoms with van der Waals surface area (Å²) in [7, 11) is 0. The summed E-state index contributed by atoms with van der Waals surface area (Å²) in [5, 5.41) is 6.41. The molecule has 0 aromatic heterocycles. The highest BCUT2D eigenvalue weighted by Crippen LogP contribution is 1.90. The zero-order valence-electron chi connectivity index (χ0n) is 5.17. The van der Waals surface area contributed by atoms with Crippen molar-refractivity contribution in [3.63, 3.8) is 0 Å². The van der Waals surface area contributed by atoms with E-state index in [4.69, 9.17) is 5.84 Å². The van der Waals surface area contributed by atoms with Gasteiger partial charge in [0.1, 0.15) is 6.34 Å². The van der Waals surface area contributed by atoms with Crippen molar-refractivity contribution in [3.8, 4) is 0 Å². The van der Waals surface area contributed by atoms with Crippen molar-refractivity contribution in [3.05, 3.63) is 0 Å². The van der Waals surface area contributed by atoms with Gasteiger partial charge in [-0.15, -0.1) is 0 Å². The van der Waals surface area contributed by atoms with Crippen LogP contribution in [0.3, 0.4) is 0 Å². The van der Waals surface area contributed by atoms with E-state index in [0.717, 1.165) is 25.2 Å². The van der Waals surface area contributed by atoms with Crippen molar-refractivity contribution in [2.45, 2.75) is 6.42 Å². The number of nitrogens with one attached hydrogen (secondary N) is 1. The fourth-order valence-electron chi connectivity index (χ4n) is 0.779. The van der Waals surface area contributed by atoms with Crippen LogP contribution in [0.2, 0.25) is 0 Å². The second kappa shape index (κ2) is 3.19. The number of hydrogen-bond acceptors (Lipinski definition) is 3. The molecule has 0 spiro atoms. The van der Waals surface area contributed by atoms with Crippen molar-refractivity contribution in [1.82, 2.24) is 5.32 Å². The minimum absolute atomic E-state index is 0.881. The van der Waals surface area contributed by atoms with E-state index in [0.29, 0.717) is 0 Å². The van der Waals surface area contributed by atoms with Crippen LogP contribution in [0, 0.1) is 0 Å². The van der Waals surface area contributed by atoms with Gasteiger partial charge in [-0.1, -0.05) is 0 Å². The molecule has 0 amide bonds. The van der Waals surface area contributed by atoms with Gasteiger partial charge in [0.05, 0.1) is 0 Å². The van der Waals surface area contributed by atoms with Gasteiger partial charge in [0.15, 0.2) is 0 Å². The maximum atomic E-state index is 4.85. The number of rotatable bonds is 1. The summed E-state index contributed by atoms with van der Waals surface area (Å²) < 4.78 is 0. The molecule has 0 aliphatic carbocycles. The highest BCUT2D eigenvalue weighted by Gasteiger charge is 2.04. The number of nitrogens with zero attached hydrogens (tertiary/aromatic N) is 2. The van der Waals surface area contributed by atoms with E-state index in [1.54, 1.807) is 0 Å². The third kappa shape index (κ3) is 1.81. The predicted octanol–water partition coefficient (Wildman–Crippen LogP) is -0.677. The van der Waals surface area contributed by atoms with Crippen molar-refractivity contribution >= 4 is 12.1 Å². The number of aliphatic imine (C=N–C) groups is 1. The Labute approximate surface area is 53.8 Å². The van der Waals surface area contributed by atoms with Crippen LogP contribution in [0.15, 0.2) is 10.1 Å². The molecule has 4 nitrogen and oxygen atoms in total. The largest absolute Gasteiger partial charge is 0.322 e. The molecule has 50 valence electrons. The van der Waals surface area contributed by atoms with Crippen LogP contribution in [0.1, 0.15) is 6.42 Å². The number of hydrogen-bond donors (Lipinski definition) is 2. The number of nitrogens with two attached hydrogens (primary N) is 1. The highest BCUT2D eigenvalue weighted by molar-refractivity contribution is 5.93. The molecule has 1 aliphatic heterocycles. The molecular formula is C5H10N4. The Morgan fingerprint density at radius 2 is 2.56 bits per heavy atom. The van der Waals surface area contributed by atoms with Gasteiger partial charge in [-0.3, -0.25) is 0 Å². The average Bonchev–Trinajstić information content (AvgIpc) is 2.34. The first-order valence-corrected chi connectivity index (χ1v) is 2.91. The van der Waals surface area contributed by atoms with E-state index < -0.39 is 0 Å². The second-order valence-electron chi connectivity index (χ2n) is 1.89. The first kappa shape index (κ1) is 6.22. The molecule has 1 rings (SSSR count). The highest BCUT2D eigenvalue weighted by atomic mass is 15.1. The molecule has 0 aromatic carbocycles. The molecule has 0 bridgehead atoms. The molecule has 0 saturated carbocycles. The first-order chi connectivity index (χ1) is 4.43. The van der Waals surface area contributed by atoms with Crippen molar-refractivity contribution < 1.29 is 0 Å². The molecule has 0 radical (unpaired) electrons. The number of hydrazone groups is 1. The maximum absolute atomic E-state index is 4.85. The summed E-state index contributed by atoms with van der Waals surface area (Å²) in [4.78, 5) is 3.98. The van der Waals surface area contributed by atoms with E-state index in [1.165, 1.54) is 6.34 Å². The first-order valence-electron chi connectivity index (χ1n) is 2.91. The van der Waals surface area contributed by atoms with Gasteiger partial charge in [0.2, 0.25) is 0 Å². The summed E-state index contributed by atoms with van der Waals surface area (Å²) in [5.74, 6) is 4.85. The van der Waals surface area contributed by atoms with Crippen molar-refractivity contribution in [1.29, 1.82) is 0 Å². The van der Waals surface area contributed by atoms with Crippen LogP contribution in [0.5, 0.6) is 0 Å². The molecule has 1 aliphatic rings. The molecule has 0 atom stereocenters. The Bertz CT molecular complexity index is 130.